The van der Waals surface area contributed by atoms with Crippen molar-refractivity contribution in [2.75, 3.05) is 26.4 Å². The Hall–Kier alpha value is -0.960. The van der Waals surface area contributed by atoms with E-state index in [-0.39, 0.29) is 0 Å². The van der Waals surface area contributed by atoms with Crippen molar-refractivity contribution in [2.45, 2.75) is 19.8 Å². The van der Waals surface area contributed by atoms with Crippen LogP contribution in [0.4, 0.5) is 0 Å². The molecule has 0 aromatic rings. The van der Waals surface area contributed by atoms with E-state index in [1.165, 1.54) is 18.4 Å². The summed E-state index contributed by atoms with van der Waals surface area (Å²) in [5.74, 6) is 0.673. The Bertz CT molecular complexity index is 214. The van der Waals surface area contributed by atoms with E-state index in [1.54, 1.807) is 0 Å². The van der Waals surface area contributed by atoms with E-state index in [9.17, 15) is 0 Å². The summed E-state index contributed by atoms with van der Waals surface area (Å²) in [7, 11) is 0. The fraction of sp³-hybridized carbons (Fsp3) is 0.667. The summed E-state index contributed by atoms with van der Waals surface area (Å²) < 4.78 is 10.4. The van der Waals surface area contributed by atoms with E-state index in [0.29, 0.717) is 19.1 Å². The van der Waals surface area contributed by atoms with Gasteiger partial charge in [-0.1, -0.05) is 12.7 Å². The smallest absolute Gasteiger partial charge is 0.111 e. The van der Waals surface area contributed by atoms with Crippen LogP contribution >= 0.6 is 0 Å². The van der Waals surface area contributed by atoms with Gasteiger partial charge in [0.15, 0.2) is 0 Å². The molecule has 0 saturated carbocycles. The lowest BCUT2D eigenvalue weighted by atomic mass is 9.98. The maximum atomic E-state index is 5.45. The van der Waals surface area contributed by atoms with Crippen molar-refractivity contribution in [3.8, 4) is 0 Å². The van der Waals surface area contributed by atoms with E-state index in [0.717, 1.165) is 19.6 Å². The lowest BCUT2D eigenvalue weighted by Crippen LogP contribution is -2.22. The number of allylic oxidation sites excluding steroid dienone is 2. The largest absolute Gasteiger partial charge is 0.499 e. The molecule has 1 aliphatic heterocycles. The van der Waals surface area contributed by atoms with Gasteiger partial charge in [0.1, 0.15) is 6.61 Å². The summed E-state index contributed by atoms with van der Waals surface area (Å²) in [6.07, 6.45) is 6.06. The van der Waals surface area contributed by atoms with Gasteiger partial charge in [-0.2, -0.15) is 0 Å². The molecule has 0 spiro atoms. The minimum absolute atomic E-state index is 0.602. The Kier molecular flexibility index (Phi) is 5.93. The molecule has 0 saturated heterocycles. The van der Waals surface area contributed by atoms with Crippen LogP contribution in [0, 0.1) is 5.92 Å². The van der Waals surface area contributed by atoms with Crippen molar-refractivity contribution < 1.29 is 9.47 Å². The Labute approximate surface area is 92.1 Å². The van der Waals surface area contributed by atoms with E-state index in [2.05, 4.69) is 24.9 Å². The minimum atomic E-state index is 0.602. The van der Waals surface area contributed by atoms with Crippen LogP contribution in [0.5, 0.6) is 0 Å². The van der Waals surface area contributed by atoms with E-state index in [4.69, 9.17) is 9.47 Å². The zero-order valence-corrected chi connectivity index (χ0v) is 9.50. The molecule has 1 N–H and O–H groups in total. The van der Waals surface area contributed by atoms with Crippen LogP contribution in [-0.2, 0) is 9.47 Å². The molecular formula is C12H21NO2. The highest BCUT2D eigenvalue weighted by atomic mass is 16.5. The molecular weight excluding hydrogens is 190 g/mol. The van der Waals surface area contributed by atoms with Gasteiger partial charge in [0.2, 0.25) is 0 Å². The average Bonchev–Trinajstić information content (AvgIpc) is 2.23. The Morgan fingerprint density at radius 1 is 1.53 bits per heavy atom. The third-order valence-corrected chi connectivity index (χ3v) is 2.50. The van der Waals surface area contributed by atoms with Gasteiger partial charge in [0.05, 0.1) is 12.9 Å². The zero-order chi connectivity index (χ0) is 10.9. The highest BCUT2D eigenvalue weighted by Crippen LogP contribution is 2.15. The van der Waals surface area contributed by atoms with Gasteiger partial charge in [0, 0.05) is 18.8 Å². The van der Waals surface area contributed by atoms with Gasteiger partial charge < -0.3 is 14.8 Å². The van der Waals surface area contributed by atoms with Crippen molar-refractivity contribution in [3.05, 3.63) is 24.6 Å². The number of ether oxygens (including phenoxy) is 2. The molecule has 0 aromatic heterocycles. The van der Waals surface area contributed by atoms with Crippen molar-refractivity contribution in [1.29, 1.82) is 0 Å². The maximum absolute atomic E-state index is 5.45. The summed E-state index contributed by atoms with van der Waals surface area (Å²) in [4.78, 5) is 0. The predicted molar refractivity (Wildman–Crippen MR) is 61.5 cm³/mol. The van der Waals surface area contributed by atoms with E-state index in [1.807, 2.05) is 0 Å². The molecule has 0 aromatic carbocycles. The fourth-order valence-corrected chi connectivity index (χ4v) is 1.71. The molecule has 15 heavy (non-hydrogen) atoms. The first-order valence-corrected chi connectivity index (χ1v) is 5.55. The third kappa shape index (κ3) is 5.47. The van der Waals surface area contributed by atoms with Crippen molar-refractivity contribution in [1.82, 2.24) is 5.32 Å². The molecule has 1 unspecified atom stereocenters. The summed E-state index contributed by atoms with van der Waals surface area (Å²) >= 11 is 0. The standard InChI is InChI=1S/C12H21NO2/c1-3-14-8-9-15-7-5-12-4-6-13-11(2)10-12/h3,10,12-13H,1,4-9H2,2H3. The Morgan fingerprint density at radius 2 is 2.40 bits per heavy atom. The van der Waals surface area contributed by atoms with Crippen molar-refractivity contribution in [2.24, 2.45) is 5.92 Å². The number of rotatable bonds is 7. The normalized spacial score (nSPS) is 20.3. The molecule has 3 heteroatoms. The summed E-state index contributed by atoms with van der Waals surface area (Å²) in [6.45, 7) is 8.74. The molecule has 1 rings (SSSR count). The number of nitrogens with one attached hydrogen (secondary N) is 1. The minimum Gasteiger partial charge on any atom is -0.499 e. The third-order valence-electron chi connectivity index (χ3n) is 2.50. The molecule has 1 heterocycles. The van der Waals surface area contributed by atoms with E-state index >= 15 is 0 Å². The Morgan fingerprint density at radius 3 is 3.13 bits per heavy atom. The van der Waals surface area contributed by atoms with Crippen LogP contribution < -0.4 is 5.32 Å². The lowest BCUT2D eigenvalue weighted by Gasteiger charge is -2.20. The quantitative estimate of drug-likeness (QED) is 0.516. The second-order valence-electron chi connectivity index (χ2n) is 3.76. The first-order valence-electron chi connectivity index (χ1n) is 5.55. The van der Waals surface area contributed by atoms with Gasteiger partial charge >= 0.3 is 0 Å². The van der Waals surface area contributed by atoms with Gasteiger partial charge in [0.25, 0.3) is 0 Å². The zero-order valence-electron chi connectivity index (χ0n) is 9.50. The van der Waals surface area contributed by atoms with Gasteiger partial charge in [-0.25, -0.2) is 0 Å². The topological polar surface area (TPSA) is 30.5 Å². The summed E-state index contributed by atoms with van der Waals surface area (Å²) in [5.41, 5.74) is 1.29. The average molecular weight is 211 g/mol. The number of hydrogen-bond donors (Lipinski definition) is 1. The molecule has 0 aliphatic carbocycles. The van der Waals surface area contributed by atoms with Gasteiger partial charge in [-0.15, -0.1) is 0 Å². The predicted octanol–water partition coefficient (Wildman–Crippen LogP) is 2.07. The van der Waals surface area contributed by atoms with Crippen LogP contribution in [0.15, 0.2) is 24.6 Å². The molecule has 0 radical (unpaired) electrons. The van der Waals surface area contributed by atoms with Crippen molar-refractivity contribution in [3.63, 3.8) is 0 Å². The first-order chi connectivity index (χ1) is 7.33. The van der Waals surface area contributed by atoms with Crippen LogP contribution in [0.2, 0.25) is 0 Å². The van der Waals surface area contributed by atoms with Gasteiger partial charge in [-0.05, 0) is 25.7 Å². The summed E-state index contributed by atoms with van der Waals surface area (Å²) in [5, 5.41) is 3.32. The molecule has 1 atom stereocenters. The van der Waals surface area contributed by atoms with E-state index < -0.39 is 0 Å². The number of hydrogen-bond acceptors (Lipinski definition) is 3. The van der Waals surface area contributed by atoms with Gasteiger partial charge in [-0.3, -0.25) is 0 Å². The molecule has 86 valence electrons. The highest BCUT2D eigenvalue weighted by molar-refractivity contribution is 5.02. The summed E-state index contributed by atoms with van der Waals surface area (Å²) in [6, 6.07) is 0. The second-order valence-corrected chi connectivity index (χ2v) is 3.76. The van der Waals surface area contributed by atoms with Crippen molar-refractivity contribution >= 4 is 0 Å². The maximum Gasteiger partial charge on any atom is 0.111 e. The van der Waals surface area contributed by atoms with Crippen LogP contribution in [0.1, 0.15) is 19.8 Å². The second kappa shape index (κ2) is 7.35. The molecule has 0 fully saturated rings. The molecule has 0 bridgehead atoms. The molecule has 0 amide bonds. The highest BCUT2D eigenvalue weighted by Gasteiger charge is 2.10. The SMILES string of the molecule is C=COCCOCCC1C=C(C)NCC1. The monoisotopic (exact) mass is 211 g/mol. The molecule has 3 nitrogen and oxygen atoms in total. The fourth-order valence-electron chi connectivity index (χ4n) is 1.71. The Balaban J connectivity index is 2.00. The van der Waals surface area contributed by atoms with Crippen LogP contribution in [0.25, 0.3) is 0 Å². The van der Waals surface area contributed by atoms with Crippen LogP contribution in [0.3, 0.4) is 0 Å². The lowest BCUT2D eigenvalue weighted by molar-refractivity contribution is 0.0785. The first kappa shape index (κ1) is 12.1. The molecule has 1 aliphatic rings. The van der Waals surface area contributed by atoms with Crippen LogP contribution in [-0.4, -0.2) is 26.4 Å².